The molecule has 3 rings (SSSR count). The van der Waals surface area contributed by atoms with Crippen LogP contribution in [0.1, 0.15) is 21.6 Å². The normalized spacial score (nSPS) is 10.7. The van der Waals surface area contributed by atoms with Crippen LogP contribution in [0.5, 0.6) is 5.88 Å². The Morgan fingerprint density at radius 2 is 1.75 bits per heavy atom. The van der Waals surface area contributed by atoms with Crippen LogP contribution in [0.15, 0.2) is 36.4 Å². The van der Waals surface area contributed by atoms with Gasteiger partial charge in [0.25, 0.3) is 5.91 Å². The maximum Gasteiger partial charge on any atom is 0.279 e. The number of carbonyl (C=O) groups is 1. The molecule has 1 heterocycles. The van der Waals surface area contributed by atoms with Gasteiger partial charge in [-0.1, -0.05) is 6.07 Å². The molecule has 1 N–H and O–H groups in total. The van der Waals surface area contributed by atoms with Crippen molar-refractivity contribution < 1.29 is 13.9 Å². The smallest absolute Gasteiger partial charge is 0.279 e. The highest BCUT2D eigenvalue weighted by molar-refractivity contribution is 6.05. The molecule has 0 aliphatic rings. The van der Waals surface area contributed by atoms with Gasteiger partial charge in [0.1, 0.15) is 5.82 Å². The van der Waals surface area contributed by atoms with Crippen molar-refractivity contribution in [2.45, 2.75) is 13.8 Å². The minimum Gasteiger partial charge on any atom is -0.479 e. The van der Waals surface area contributed by atoms with Crippen LogP contribution in [0.3, 0.4) is 0 Å². The monoisotopic (exact) mass is 325 g/mol. The molecule has 0 bridgehead atoms. The molecule has 0 spiro atoms. The number of methoxy groups -OCH3 is 1. The molecule has 24 heavy (non-hydrogen) atoms. The molecule has 0 radical (unpaired) electrons. The minimum atomic E-state index is -0.509. The van der Waals surface area contributed by atoms with E-state index in [0.717, 1.165) is 11.1 Å². The van der Waals surface area contributed by atoms with Gasteiger partial charge < -0.3 is 10.1 Å². The molecule has 0 saturated heterocycles. The quantitative estimate of drug-likeness (QED) is 0.798. The highest BCUT2D eigenvalue weighted by Gasteiger charge is 2.18. The number of anilines is 1. The standard InChI is InChI=1S/C18H16FN3O2/c1-10-7-14-15(8-11(10)2)22-18(24-3)16(21-14)17(23)20-13-6-4-5-12(19)9-13/h4-9H,1-3H3,(H,20,23). The molecular formula is C18H16FN3O2. The first-order valence-corrected chi connectivity index (χ1v) is 7.38. The van der Waals surface area contributed by atoms with E-state index in [1.165, 1.54) is 25.3 Å². The largest absolute Gasteiger partial charge is 0.479 e. The van der Waals surface area contributed by atoms with E-state index in [-0.39, 0.29) is 11.6 Å². The van der Waals surface area contributed by atoms with Crippen molar-refractivity contribution >= 4 is 22.6 Å². The summed E-state index contributed by atoms with van der Waals surface area (Å²) >= 11 is 0. The number of hydrogen-bond donors (Lipinski definition) is 1. The van der Waals surface area contributed by atoms with Crippen LogP contribution in [0, 0.1) is 19.7 Å². The fraction of sp³-hybridized carbons (Fsp3) is 0.167. The van der Waals surface area contributed by atoms with Crippen molar-refractivity contribution in [3.63, 3.8) is 0 Å². The Balaban J connectivity index is 2.03. The topological polar surface area (TPSA) is 64.1 Å². The molecular weight excluding hydrogens is 309 g/mol. The summed E-state index contributed by atoms with van der Waals surface area (Å²) in [6.45, 7) is 3.95. The second kappa shape index (κ2) is 6.23. The fourth-order valence-electron chi connectivity index (χ4n) is 2.34. The average molecular weight is 325 g/mol. The first kappa shape index (κ1) is 15.9. The van der Waals surface area contributed by atoms with E-state index in [1.54, 1.807) is 6.07 Å². The number of fused-ring (bicyclic) bond motifs is 1. The molecule has 0 atom stereocenters. The number of halogens is 1. The molecule has 1 amide bonds. The lowest BCUT2D eigenvalue weighted by Gasteiger charge is -2.10. The lowest BCUT2D eigenvalue weighted by atomic mass is 10.1. The van der Waals surface area contributed by atoms with Gasteiger partial charge in [0.15, 0.2) is 5.69 Å². The number of aromatic nitrogens is 2. The lowest BCUT2D eigenvalue weighted by molar-refractivity contribution is 0.101. The van der Waals surface area contributed by atoms with Crippen molar-refractivity contribution in [3.05, 3.63) is 59.0 Å². The summed E-state index contributed by atoms with van der Waals surface area (Å²) in [4.78, 5) is 21.2. The highest BCUT2D eigenvalue weighted by Crippen LogP contribution is 2.22. The third-order valence-corrected chi connectivity index (χ3v) is 3.74. The van der Waals surface area contributed by atoms with Crippen molar-refractivity contribution in [3.8, 4) is 5.88 Å². The first-order valence-electron chi connectivity index (χ1n) is 7.38. The number of nitrogens with one attached hydrogen (secondary N) is 1. The highest BCUT2D eigenvalue weighted by atomic mass is 19.1. The van der Waals surface area contributed by atoms with E-state index in [4.69, 9.17) is 4.74 Å². The average Bonchev–Trinajstić information content (AvgIpc) is 2.55. The molecule has 1 aromatic heterocycles. The van der Waals surface area contributed by atoms with Gasteiger partial charge in [-0.05, 0) is 55.3 Å². The van der Waals surface area contributed by atoms with Crippen molar-refractivity contribution in [1.82, 2.24) is 9.97 Å². The minimum absolute atomic E-state index is 0.0533. The van der Waals surface area contributed by atoms with E-state index >= 15 is 0 Å². The van der Waals surface area contributed by atoms with E-state index in [1.807, 2.05) is 26.0 Å². The van der Waals surface area contributed by atoms with Crippen LogP contribution in [-0.2, 0) is 0 Å². The Morgan fingerprint density at radius 1 is 1.08 bits per heavy atom. The van der Waals surface area contributed by atoms with Crippen LogP contribution in [0.25, 0.3) is 11.0 Å². The van der Waals surface area contributed by atoms with Gasteiger partial charge in [-0.15, -0.1) is 0 Å². The second-order valence-corrected chi connectivity index (χ2v) is 5.47. The van der Waals surface area contributed by atoms with Crippen molar-refractivity contribution in [2.75, 3.05) is 12.4 Å². The maximum absolute atomic E-state index is 13.3. The van der Waals surface area contributed by atoms with Gasteiger partial charge in [-0.2, -0.15) is 0 Å². The van der Waals surface area contributed by atoms with E-state index in [2.05, 4.69) is 15.3 Å². The number of ether oxygens (including phenoxy) is 1. The van der Waals surface area contributed by atoms with Gasteiger partial charge in [-0.25, -0.2) is 14.4 Å². The second-order valence-electron chi connectivity index (χ2n) is 5.47. The molecule has 0 saturated carbocycles. The van der Waals surface area contributed by atoms with E-state index in [0.29, 0.717) is 16.7 Å². The summed E-state index contributed by atoms with van der Waals surface area (Å²) in [6, 6.07) is 9.41. The molecule has 0 unspecified atom stereocenters. The summed E-state index contributed by atoms with van der Waals surface area (Å²) in [6.07, 6.45) is 0. The predicted molar refractivity (Wildman–Crippen MR) is 89.9 cm³/mol. The van der Waals surface area contributed by atoms with E-state index < -0.39 is 11.7 Å². The summed E-state index contributed by atoms with van der Waals surface area (Å²) in [5.41, 5.74) is 3.77. The van der Waals surface area contributed by atoms with Gasteiger partial charge in [0, 0.05) is 5.69 Å². The number of rotatable bonds is 3. The zero-order chi connectivity index (χ0) is 17.3. The van der Waals surface area contributed by atoms with Gasteiger partial charge in [-0.3, -0.25) is 4.79 Å². The Kier molecular flexibility index (Phi) is 4.12. The number of benzene rings is 2. The Morgan fingerprint density at radius 3 is 2.38 bits per heavy atom. The molecule has 0 aliphatic carbocycles. The Bertz CT molecular complexity index is 941. The Hall–Kier alpha value is -3.02. The number of nitrogens with zero attached hydrogens (tertiary/aromatic N) is 2. The zero-order valence-electron chi connectivity index (χ0n) is 13.6. The van der Waals surface area contributed by atoms with Crippen LogP contribution in [0.2, 0.25) is 0 Å². The van der Waals surface area contributed by atoms with E-state index in [9.17, 15) is 9.18 Å². The summed E-state index contributed by atoms with van der Waals surface area (Å²) in [5.74, 6) is -0.819. The number of hydrogen-bond acceptors (Lipinski definition) is 4. The molecule has 5 nitrogen and oxygen atoms in total. The molecule has 122 valence electrons. The van der Waals surface area contributed by atoms with Gasteiger partial charge in [0.2, 0.25) is 5.88 Å². The number of carbonyl (C=O) groups excluding carboxylic acids is 1. The molecule has 0 fully saturated rings. The lowest BCUT2D eigenvalue weighted by Crippen LogP contribution is -2.16. The third-order valence-electron chi connectivity index (χ3n) is 3.74. The van der Waals surface area contributed by atoms with Crippen molar-refractivity contribution in [2.24, 2.45) is 0 Å². The summed E-state index contributed by atoms with van der Waals surface area (Å²) in [7, 11) is 1.43. The zero-order valence-corrected chi connectivity index (χ0v) is 13.6. The first-order chi connectivity index (χ1) is 11.5. The van der Waals surface area contributed by atoms with Gasteiger partial charge >= 0.3 is 0 Å². The van der Waals surface area contributed by atoms with Crippen LogP contribution in [-0.4, -0.2) is 23.0 Å². The van der Waals surface area contributed by atoms with Crippen LogP contribution in [0.4, 0.5) is 10.1 Å². The van der Waals surface area contributed by atoms with Crippen molar-refractivity contribution in [1.29, 1.82) is 0 Å². The van der Waals surface area contributed by atoms with Gasteiger partial charge in [0.05, 0.1) is 18.1 Å². The molecule has 0 aliphatic heterocycles. The van der Waals surface area contributed by atoms with Crippen LogP contribution >= 0.6 is 0 Å². The Labute approximate surface area is 138 Å². The molecule has 6 heteroatoms. The summed E-state index contributed by atoms with van der Waals surface area (Å²) in [5, 5.41) is 2.60. The molecule has 2 aromatic carbocycles. The molecule has 3 aromatic rings. The predicted octanol–water partition coefficient (Wildman–Crippen LogP) is 3.65. The van der Waals surface area contributed by atoms with Crippen LogP contribution < -0.4 is 10.1 Å². The summed E-state index contributed by atoms with van der Waals surface area (Å²) < 4.78 is 18.4. The fourth-order valence-corrected chi connectivity index (χ4v) is 2.34. The maximum atomic E-state index is 13.3. The number of aryl methyl sites for hydroxylation is 2. The SMILES string of the molecule is COc1nc2cc(C)c(C)cc2nc1C(=O)Nc1cccc(F)c1. The third kappa shape index (κ3) is 3.03. The number of amides is 1.